The summed E-state index contributed by atoms with van der Waals surface area (Å²) in [5.74, 6) is 0.814. The van der Waals surface area contributed by atoms with E-state index in [2.05, 4.69) is 15.1 Å². The van der Waals surface area contributed by atoms with Crippen molar-refractivity contribution in [3.05, 3.63) is 17.3 Å². The largest absolute Gasteiger partial charge is 0.444 e. The minimum atomic E-state index is -0.455. The lowest BCUT2D eigenvalue weighted by Gasteiger charge is -2.42. The summed E-state index contributed by atoms with van der Waals surface area (Å²) in [5.41, 5.74) is -0.455. The van der Waals surface area contributed by atoms with Crippen LogP contribution >= 0.6 is 11.6 Å². The van der Waals surface area contributed by atoms with E-state index >= 15 is 0 Å². The lowest BCUT2D eigenvalue weighted by atomic mass is 9.96. The molecule has 1 aromatic rings. The molecule has 0 N–H and O–H groups in total. The van der Waals surface area contributed by atoms with Crippen LogP contribution in [0.25, 0.3) is 0 Å². The Labute approximate surface area is 148 Å². The summed E-state index contributed by atoms with van der Waals surface area (Å²) in [4.78, 5) is 16.6. The molecule has 2 aliphatic heterocycles. The van der Waals surface area contributed by atoms with Gasteiger partial charge in [-0.1, -0.05) is 11.6 Å². The molecule has 0 spiro atoms. The minimum absolute atomic E-state index is 0.178. The zero-order chi connectivity index (χ0) is 17.5. The quantitative estimate of drug-likeness (QED) is 0.815. The molecule has 3 rings (SSSR count). The molecule has 0 saturated carbocycles. The van der Waals surface area contributed by atoms with E-state index in [4.69, 9.17) is 16.3 Å². The number of piperidine rings is 1. The fourth-order valence-electron chi connectivity index (χ4n) is 3.76. The lowest BCUT2D eigenvalue weighted by molar-refractivity contribution is 0.00597. The zero-order valence-corrected chi connectivity index (χ0v) is 15.5. The summed E-state index contributed by atoms with van der Waals surface area (Å²) >= 11 is 5.81. The van der Waals surface area contributed by atoms with Crippen molar-refractivity contribution in [1.82, 2.24) is 15.1 Å². The topological polar surface area (TPSA) is 58.6 Å². The second-order valence-corrected chi connectivity index (χ2v) is 8.11. The van der Waals surface area contributed by atoms with Gasteiger partial charge in [0.15, 0.2) is 11.0 Å². The highest BCUT2D eigenvalue weighted by Gasteiger charge is 2.45. The van der Waals surface area contributed by atoms with Crippen LogP contribution in [0.3, 0.4) is 0 Å². The van der Waals surface area contributed by atoms with Gasteiger partial charge in [0.1, 0.15) is 5.60 Å². The number of hydrogen-bond acceptors (Lipinski definition) is 5. The number of amides is 1. The number of rotatable bonds is 2. The first-order valence-corrected chi connectivity index (χ1v) is 8.86. The van der Waals surface area contributed by atoms with E-state index in [-0.39, 0.29) is 18.2 Å². The second-order valence-electron chi connectivity index (χ2n) is 7.72. The first-order chi connectivity index (χ1) is 11.2. The molecule has 24 heavy (non-hydrogen) atoms. The molecule has 3 heterocycles. The third kappa shape index (κ3) is 3.58. The van der Waals surface area contributed by atoms with Gasteiger partial charge in [0, 0.05) is 25.2 Å². The smallest absolute Gasteiger partial charge is 0.410 e. The number of ether oxygens (including phenoxy) is 1. The van der Waals surface area contributed by atoms with Crippen LogP contribution in [-0.4, -0.2) is 52.0 Å². The van der Waals surface area contributed by atoms with E-state index < -0.39 is 5.60 Å². The molecule has 0 aliphatic carbocycles. The van der Waals surface area contributed by atoms with Crippen molar-refractivity contribution in [2.24, 2.45) is 0 Å². The first kappa shape index (κ1) is 17.3. The van der Waals surface area contributed by atoms with Crippen LogP contribution in [0.1, 0.15) is 46.5 Å². The molecular formula is C17H25ClN4O2. The van der Waals surface area contributed by atoms with Crippen molar-refractivity contribution < 1.29 is 9.53 Å². The number of aromatic nitrogens is 2. The van der Waals surface area contributed by atoms with E-state index in [1.807, 2.05) is 38.8 Å². The van der Waals surface area contributed by atoms with E-state index in [0.717, 1.165) is 31.5 Å². The predicted molar refractivity (Wildman–Crippen MR) is 93.4 cm³/mol. The van der Waals surface area contributed by atoms with Gasteiger partial charge in [0.2, 0.25) is 0 Å². The Bertz CT molecular complexity index is 588. The summed E-state index contributed by atoms with van der Waals surface area (Å²) in [7, 11) is 2.03. The fraction of sp³-hybridized carbons (Fsp3) is 0.706. The fourth-order valence-corrected chi connectivity index (χ4v) is 3.86. The highest BCUT2D eigenvalue weighted by molar-refractivity contribution is 6.29. The Morgan fingerprint density at radius 2 is 1.88 bits per heavy atom. The standard InChI is InChI=1S/C17H25ClN4O2/c1-17(2,3)24-16(23)22-11-5-6-12(22)10-13(9-11)21(4)15-8-7-14(18)19-20-15/h7-8,11-13H,5-6,9-10H2,1-4H3/t11-,12?,13-/m1/s1. The van der Waals surface area contributed by atoms with Crippen molar-refractivity contribution in [2.45, 2.75) is 70.2 Å². The molecule has 7 heteroatoms. The van der Waals surface area contributed by atoms with Crippen LogP contribution in [0, 0.1) is 0 Å². The maximum Gasteiger partial charge on any atom is 0.410 e. The van der Waals surface area contributed by atoms with Crippen LogP contribution < -0.4 is 4.90 Å². The van der Waals surface area contributed by atoms with Gasteiger partial charge in [-0.3, -0.25) is 0 Å². The number of fused-ring (bicyclic) bond motifs is 2. The van der Waals surface area contributed by atoms with E-state index in [9.17, 15) is 4.79 Å². The van der Waals surface area contributed by atoms with Gasteiger partial charge in [-0.2, -0.15) is 0 Å². The summed E-state index contributed by atoms with van der Waals surface area (Å²) < 4.78 is 5.59. The molecule has 2 saturated heterocycles. The molecule has 3 atom stereocenters. The van der Waals surface area contributed by atoms with Crippen molar-refractivity contribution in [3.63, 3.8) is 0 Å². The van der Waals surface area contributed by atoms with Gasteiger partial charge < -0.3 is 14.5 Å². The Morgan fingerprint density at radius 1 is 1.25 bits per heavy atom. The van der Waals surface area contributed by atoms with Crippen LogP contribution in [0.4, 0.5) is 10.6 Å². The molecule has 0 radical (unpaired) electrons. The summed E-state index contributed by atoms with van der Waals surface area (Å²) in [6.45, 7) is 5.73. The van der Waals surface area contributed by atoms with Gasteiger partial charge in [-0.15, -0.1) is 10.2 Å². The lowest BCUT2D eigenvalue weighted by Crippen LogP contribution is -2.53. The molecule has 2 fully saturated rings. The number of anilines is 1. The highest BCUT2D eigenvalue weighted by atomic mass is 35.5. The van der Waals surface area contributed by atoms with Crippen molar-refractivity contribution >= 4 is 23.5 Å². The summed E-state index contributed by atoms with van der Waals surface area (Å²) in [6, 6.07) is 4.47. The third-order valence-electron chi connectivity index (χ3n) is 4.84. The summed E-state index contributed by atoms with van der Waals surface area (Å²) in [5, 5.41) is 8.48. The van der Waals surface area contributed by atoms with Gasteiger partial charge in [0.05, 0.1) is 0 Å². The minimum Gasteiger partial charge on any atom is -0.444 e. The van der Waals surface area contributed by atoms with Crippen LogP contribution in [0.5, 0.6) is 0 Å². The Hall–Kier alpha value is -1.56. The van der Waals surface area contributed by atoms with Gasteiger partial charge in [0.25, 0.3) is 0 Å². The monoisotopic (exact) mass is 352 g/mol. The van der Waals surface area contributed by atoms with Crippen molar-refractivity contribution in [3.8, 4) is 0 Å². The number of nitrogens with zero attached hydrogens (tertiary/aromatic N) is 4. The molecule has 1 amide bonds. The van der Waals surface area contributed by atoms with Gasteiger partial charge >= 0.3 is 6.09 Å². The Balaban J connectivity index is 1.68. The Morgan fingerprint density at radius 3 is 2.38 bits per heavy atom. The molecule has 0 aromatic carbocycles. The second kappa shape index (κ2) is 6.39. The SMILES string of the molecule is CN(c1ccc(Cl)nn1)[C@H]1CC2CC[C@H](C1)N2C(=O)OC(C)(C)C. The molecule has 1 aromatic heterocycles. The molecule has 6 nitrogen and oxygen atoms in total. The number of carbonyl (C=O) groups excluding carboxylic acids is 1. The number of halogens is 1. The number of hydrogen-bond donors (Lipinski definition) is 0. The average Bonchev–Trinajstić information content (AvgIpc) is 2.76. The highest BCUT2D eigenvalue weighted by Crippen LogP contribution is 2.39. The first-order valence-electron chi connectivity index (χ1n) is 8.48. The van der Waals surface area contributed by atoms with Gasteiger partial charge in [-0.25, -0.2) is 4.79 Å². The average molecular weight is 353 g/mol. The molecule has 132 valence electrons. The van der Waals surface area contributed by atoms with Crippen molar-refractivity contribution in [2.75, 3.05) is 11.9 Å². The van der Waals surface area contributed by atoms with E-state index in [1.54, 1.807) is 6.07 Å². The third-order valence-corrected chi connectivity index (χ3v) is 5.04. The predicted octanol–water partition coefficient (Wildman–Crippen LogP) is 3.50. The maximum atomic E-state index is 12.5. The van der Waals surface area contributed by atoms with E-state index in [0.29, 0.717) is 11.2 Å². The van der Waals surface area contributed by atoms with Gasteiger partial charge in [-0.05, 0) is 58.6 Å². The van der Waals surface area contributed by atoms with Crippen LogP contribution in [-0.2, 0) is 4.74 Å². The van der Waals surface area contributed by atoms with E-state index in [1.165, 1.54) is 0 Å². The number of carbonyl (C=O) groups is 1. The maximum absolute atomic E-state index is 12.5. The molecular weight excluding hydrogens is 328 g/mol. The Kier molecular flexibility index (Phi) is 4.60. The normalized spacial score (nSPS) is 26.4. The summed E-state index contributed by atoms with van der Waals surface area (Å²) in [6.07, 6.45) is 3.76. The molecule has 2 bridgehead atoms. The van der Waals surface area contributed by atoms with Crippen molar-refractivity contribution in [1.29, 1.82) is 0 Å². The molecule has 1 unspecified atom stereocenters. The molecule has 2 aliphatic rings. The van der Waals surface area contributed by atoms with Crippen LogP contribution in [0.2, 0.25) is 5.15 Å². The zero-order valence-electron chi connectivity index (χ0n) is 14.7. The van der Waals surface area contributed by atoms with Crippen LogP contribution in [0.15, 0.2) is 12.1 Å².